The summed E-state index contributed by atoms with van der Waals surface area (Å²) in [7, 11) is 0. The number of alkyl halides is 1. The van der Waals surface area contributed by atoms with Gasteiger partial charge in [0, 0.05) is 19.1 Å². The lowest BCUT2D eigenvalue weighted by atomic mass is 10.4. The Balaban J connectivity index is 2.60. The zero-order valence-electron chi connectivity index (χ0n) is 6.03. The van der Waals surface area contributed by atoms with Crippen LogP contribution in [0.15, 0.2) is 0 Å². The molecule has 0 amide bonds. The van der Waals surface area contributed by atoms with Gasteiger partial charge in [0.05, 0.1) is 0 Å². The van der Waals surface area contributed by atoms with Crippen molar-refractivity contribution in [3.8, 4) is 0 Å². The summed E-state index contributed by atoms with van der Waals surface area (Å²) in [5.41, 5.74) is 0. The Kier molecular flexibility index (Phi) is 8.48. The molecule has 0 aromatic heterocycles. The average molecular weight is 151 g/mol. The second kappa shape index (κ2) is 8.25. The molecule has 0 aliphatic carbocycles. The topological polar surface area (TPSA) is 9.23 Å². The molecule has 9 heavy (non-hydrogen) atoms. The molecular formula is C7H15ClO. The fraction of sp³-hybridized carbons (Fsp3) is 1.00. The van der Waals surface area contributed by atoms with Crippen LogP contribution >= 0.6 is 11.6 Å². The smallest absolute Gasteiger partial charge is 0.0477 e. The van der Waals surface area contributed by atoms with Gasteiger partial charge >= 0.3 is 0 Å². The van der Waals surface area contributed by atoms with E-state index in [0.29, 0.717) is 5.88 Å². The van der Waals surface area contributed by atoms with Crippen LogP contribution in [0.1, 0.15) is 26.2 Å². The minimum atomic E-state index is 0.714. The predicted molar refractivity (Wildman–Crippen MR) is 41.1 cm³/mol. The van der Waals surface area contributed by atoms with E-state index in [1.807, 2.05) is 0 Å². The van der Waals surface area contributed by atoms with Crippen molar-refractivity contribution in [1.82, 2.24) is 0 Å². The molecule has 0 unspecified atom stereocenters. The van der Waals surface area contributed by atoms with E-state index >= 15 is 0 Å². The van der Waals surface area contributed by atoms with Crippen molar-refractivity contribution in [2.75, 3.05) is 19.1 Å². The molecule has 2 heteroatoms. The van der Waals surface area contributed by atoms with Gasteiger partial charge in [0.2, 0.25) is 0 Å². The highest BCUT2D eigenvalue weighted by molar-refractivity contribution is 6.17. The lowest BCUT2D eigenvalue weighted by Crippen LogP contribution is -1.96. The van der Waals surface area contributed by atoms with E-state index in [1.165, 1.54) is 12.8 Å². The van der Waals surface area contributed by atoms with Crippen LogP contribution in [-0.4, -0.2) is 19.1 Å². The zero-order valence-corrected chi connectivity index (χ0v) is 6.78. The maximum atomic E-state index is 5.43. The number of hydrogen-bond acceptors (Lipinski definition) is 1. The Morgan fingerprint density at radius 1 is 1.22 bits per heavy atom. The van der Waals surface area contributed by atoms with Crippen LogP contribution in [0.4, 0.5) is 0 Å². The lowest BCUT2D eigenvalue weighted by Gasteiger charge is -1.99. The maximum absolute atomic E-state index is 5.43. The van der Waals surface area contributed by atoms with E-state index in [0.717, 1.165) is 19.6 Å². The molecule has 0 aliphatic heterocycles. The summed E-state index contributed by atoms with van der Waals surface area (Å²) in [5, 5.41) is 0. The Hall–Kier alpha value is 0.250. The van der Waals surface area contributed by atoms with Crippen LogP contribution in [-0.2, 0) is 4.74 Å². The molecule has 0 bridgehead atoms. The molecule has 0 radical (unpaired) electrons. The van der Waals surface area contributed by atoms with Gasteiger partial charge in [-0.2, -0.15) is 0 Å². The van der Waals surface area contributed by atoms with Gasteiger partial charge in [0.1, 0.15) is 0 Å². The Morgan fingerprint density at radius 2 is 1.89 bits per heavy atom. The number of unbranched alkanes of at least 4 members (excludes halogenated alkanes) is 1. The quantitative estimate of drug-likeness (QED) is 0.418. The molecule has 0 spiro atoms. The minimum absolute atomic E-state index is 0.714. The van der Waals surface area contributed by atoms with Crippen LogP contribution in [0.5, 0.6) is 0 Å². The Morgan fingerprint density at radius 3 is 2.44 bits per heavy atom. The lowest BCUT2D eigenvalue weighted by molar-refractivity contribution is 0.132. The van der Waals surface area contributed by atoms with Crippen LogP contribution in [0.3, 0.4) is 0 Å². The fourth-order valence-corrected chi connectivity index (χ4v) is 0.614. The first kappa shape index (κ1) is 9.25. The molecule has 0 fully saturated rings. The van der Waals surface area contributed by atoms with Gasteiger partial charge in [-0.05, 0) is 12.8 Å². The molecule has 0 aromatic rings. The van der Waals surface area contributed by atoms with Crippen molar-refractivity contribution >= 4 is 11.6 Å². The highest BCUT2D eigenvalue weighted by Gasteiger charge is 1.85. The molecule has 56 valence electrons. The predicted octanol–water partition coefficient (Wildman–Crippen LogP) is 2.43. The van der Waals surface area contributed by atoms with Gasteiger partial charge in [-0.15, -0.1) is 11.6 Å². The van der Waals surface area contributed by atoms with E-state index in [2.05, 4.69) is 6.92 Å². The van der Waals surface area contributed by atoms with Crippen molar-refractivity contribution in [2.24, 2.45) is 0 Å². The summed E-state index contributed by atoms with van der Waals surface area (Å²) in [6.45, 7) is 3.88. The number of halogens is 1. The zero-order chi connectivity index (χ0) is 6.95. The largest absolute Gasteiger partial charge is 0.381 e. The standard InChI is InChI=1S/C7H15ClO/c1-2-3-6-9-7-4-5-8/h2-7H2,1H3. The molecule has 0 heterocycles. The van der Waals surface area contributed by atoms with Crippen molar-refractivity contribution < 1.29 is 4.74 Å². The van der Waals surface area contributed by atoms with Gasteiger partial charge < -0.3 is 4.74 Å². The highest BCUT2D eigenvalue weighted by atomic mass is 35.5. The first-order valence-electron chi connectivity index (χ1n) is 3.55. The van der Waals surface area contributed by atoms with Crippen molar-refractivity contribution in [1.29, 1.82) is 0 Å². The van der Waals surface area contributed by atoms with Gasteiger partial charge in [-0.25, -0.2) is 0 Å². The monoisotopic (exact) mass is 150 g/mol. The molecule has 0 saturated heterocycles. The van der Waals surface area contributed by atoms with E-state index in [-0.39, 0.29) is 0 Å². The summed E-state index contributed by atoms with van der Waals surface area (Å²) in [6.07, 6.45) is 3.36. The van der Waals surface area contributed by atoms with E-state index < -0.39 is 0 Å². The van der Waals surface area contributed by atoms with Gasteiger partial charge in [0.15, 0.2) is 0 Å². The third kappa shape index (κ3) is 8.25. The fourth-order valence-electron chi connectivity index (χ4n) is 0.505. The number of hydrogen-bond donors (Lipinski definition) is 0. The van der Waals surface area contributed by atoms with E-state index in [1.54, 1.807) is 0 Å². The first-order valence-corrected chi connectivity index (χ1v) is 4.09. The van der Waals surface area contributed by atoms with E-state index in [4.69, 9.17) is 16.3 Å². The molecule has 0 saturated carbocycles. The summed E-state index contributed by atoms with van der Waals surface area (Å²) in [6, 6.07) is 0. The molecule has 0 N–H and O–H groups in total. The van der Waals surface area contributed by atoms with Gasteiger partial charge in [-0.1, -0.05) is 13.3 Å². The molecule has 0 rings (SSSR count). The summed E-state index contributed by atoms with van der Waals surface area (Å²) in [4.78, 5) is 0. The molecule has 0 atom stereocenters. The normalized spacial score (nSPS) is 10.0. The third-order valence-corrected chi connectivity index (χ3v) is 1.33. The average Bonchev–Trinajstić information content (AvgIpc) is 1.89. The van der Waals surface area contributed by atoms with Crippen molar-refractivity contribution in [3.05, 3.63) is 0 Å². The maximum Gasteiger partial charge on any atom is 0.0477 e. The minimum Gasteiger partial charge on any atom is -0.381 e. The third-order valence-electron chi connectivity index (χ3n) is 1.06. The van der Waals surface area contributed by atoms with Crippen molar-refractivity contribution in [3.63, 3.8) is 0 Å². The number of rotatable bonds is 6. The van der Waals surface area contributed by atoms with Crippen LogP contribution < -0.4 is 0 Å². The van der Waals surface area contributed by atoms with Crippen molar-refractivity contribution in [2.45, 2.75) is 26.2 Å². The summed E-state index contributed by atoms with van der Waals surface area (Å²) >= 11 is 5.43. The van der Waals surface area contributed by atoms with Crippen LogP contribution in [0.25, 0.3) is 0 Å². The first-order chi connectivity index (χ1) is 4.41. The second-order valence-corrected chi connectivity index (χ2v) is 2.39. The summed E-state index contributed by atoms with van der Waals surface area (Å²) in [5.74, 6) is 0.714. The van der Waals surface area contributed by atoms with Gasteiger partial charge in [-0.3, -0.25) is 0 Å². The molecule has 1 nitrogen and oxygen atoms in total. The SMILES string of the molecule is CCCCOCCCCl. The molecule has 0 aromatic carbocycles. The molecule has 0 aliphatic rings. The second-order valence-electron chi connectivity index (χ2n) is 2.01. The number of ether oxygens (including phenoxy) is 1. The molecular weight excluding hydrogens is 136 g/mol. The van der Waals surface area contributed by atoms with E-state index in [9.17, 15) is 0 Å². The highest BCUT2D eigenvalue weighted by Crippen LogP contribution is 1.90. The van der Waals surface area contributed by atoms with Crippen LogP contribution in [0.2, 0.25) is 0 Å². The Labute approximate surface area is 62.3 Å². The van der Waals surface area contributed by atoms with Gasteiger partial charge in [0.25, 0.3) is 0 Å². The summed E-state index contributed by atoms with van der Waals surface area (Å²) < 4.78 is 5.23. The van der Waals surface area contributed by atoms with Crippen LogP contribution in [0, 0.1) is 0 Å². The Bertz CT molecular complexity index is 42.2.